The van der Waals surface area contributed by atoms with Crippen LogP contribution in [0.2, 0.25) is 0 Å². The number of fused-ring (bicyclic) bond motifs is 1. The zero-order chi connectivity index (χ0) is 23.4. The van der Waals surface area contributed by atoms with Gasteiger partial charge in [0.25, 0.3) is 0 Å². The summed E-state index contributed by atoms with van der Waals surface area (Å²) >= 11 is 1.11. The van der Waals surface area contributed by atoms with Gasteiger partial charge in [-0.2, -0.15) is 9.38 Å². The second kappa shape index (κ2) is 9.88. The molecule has 12 heteroatoms. The molecule has 0 unspecified atom stereocenters. The van der Waals surface area contributed by atoms with Gasteiger partial charge in [0.15, 0.2) is 22.5 Å². The van der Waals surface area contributed by atoms with E-state index in [9.17, 15) is 10.1 Å². The van der Waals surface area contributed by atoms with Gasteiger partial charge >= 0.3 is 5.82 Å². The van der Waals surface area contributed by atoms with Crippen molar-refractivity contribution in [2.45, 2.75) is 23.1 Å². The summed E-state index contributed by atoms with van der Waals surface area (Å²) in [6, 6.07) is 10.7. The molecule has 11 nitrogen and oxygen atoms in total. The van der Waals surface area contributed by atoms with Crippen molar-refractivity contribution in [3.8, 4) is 22.9 Å². The predicted molar refractivity (Wildman–Crippen MR) is 121 cm³/mol. The number of hydrogen-bond acceptors (Lipinski definition) is 9. The van der Waals surface area contributed by atoms with E-state index in [1.807, 2.05) is 16.7 Å². The Morgan fingerprint density at radius 3 is 2.64 bits per heavy atom. The third-order valence-corrected chi connectivity index (χ3v) is 5.88. The van der Waals surface area contributed by atoms with Gasteiger partial charge in [-0.1, -0.05) is 6.07 Å². The first-order valence-corrected chi connectivity index (χ1v) is 10.8. The highest BCUT2D eigenvalue weighted by atomic mass is 32.2. The Balaban J connectivity index is 1.77. The molecule has 3 aromatic heterocycles. The SMILES string of the molecule is COCCCn1c(Sc2nc3ccccn3c2[N+](=O)[O-])nnc1-c1ccc(OC)c(OC)c1. The molecule has 0 atom stereocenters. The molecule has 0 aliphatic carbocycles. The molecule has 0 aliphatic rings. The summed E-state index contributed by atoms with van der Waals surface area (Å²) in [7, 11) is 4.77. The Kier molecular flexibility index (Phi) is 6.75. The summed E-state index contributed by atoms with van der Waals surface area (Å²) in [4.78, 5) is 15.8. The summed E-state index contributed by atoms with van der Waals surface area (Å²) in [6.07, 6.45) is 2.32. The van der Waals surface area contributed by atoms with Crippen molar-refractivity contribution in [3.63, 3.8) is 0 Å². The molecule has 4 rings (SSSR count). The van der Waals surface area contributed by atoms with Crippen LogP contribution in [0.3, 0.4) is 0 Å². The zero-order valence-electron chi connectivity index (χ0n) is 18.3. The van der Waals surface area contributed by atoms with Gasteiger partial charge < -0.3 is 28.9 Å². The molecule has 0 N–H and O–H groups in total. The Hall–Kier alpha value is -3.64. The van der Waals surface area contributed by atoms with Crippen molar-refractivity contribution in [1.29, 1.82) is 0 Å². The molecule has 0 amide bonds. The number of nitro groups is 1. The third kappa shape index (κ3) is 4.47. The molecule has 33 heavy (non-hydrogen) atoms. The van der Waals surface area contributed by atoms with Crippen molar-refractivity contribution in [2.75, 3.05) is 27.9 Å². The van der Waals surface area contributed by atoms with Gasteiger partial charge in [-0.05, 0) is 47.4 Å². The number of hydrogen-bond donors (Lipinski definition) is 0. The Morgan fingerprint density at radius 1 is 1.09 bits per heavy atom. The predicted octanol–water partition coefficient (Wildman–Crippen LogP) is 3.71. The standard InChI is InChI=1S/C21H22N6O5S/c1-30-12-6-11-26-18(14-8-9-15(31-2)16(13-14)32-3)23-24-21(26)33-19-20(27(28)29)25-10-5-4-7-17(25)22-19/h4-5,7-10,13H,6,11-12H2,1-3H3. The largest absolute Gasteiger partial charge is 0.493 e. The van der Waals surface area contributed by atoms with Crippen LogP contribution in [0.4, 0.5) is 5.82 Å². The van der Waals surface area contributed by atoms with Gasteiger partial charge in [-0.25, -0.2) is 0 Å². The van der Waals surface area contributed by atoms with Crippen LogP contribution in [0.5, 0.6) is 11.5 Å². The summed E-state index contributed by atoms with van der Waals surface area (Å²) in [5, 5.41) is 21.2. The molecule has 4 aromatic rings. The van der Waals surface area contributed by atoms with Crippen LogP contribution >= 0.6 is 11.8 Å². The Labute approximate surface area is 193 Å². The molecule has 0 radical (unpaired) electrons. The topological polar surface area (TPSA) is 119 Å². The molecule has 172 valence electrons. The first-order valence-electron chi connectivity index (χ1n) is 10.0. The van der Waals surface area contributed by atoms with Crippen LogP contribution in [-0.4, -0.2) is 57.0 Å². The van der Waals surface area contributed by atoms with Gasteiger partial charge in [0.05, 0.1) is 20.4 Å². The number of pyridine rings is 1. The maximum Gasteiger partial charge on any atom is 0.362 e. The monoisotopic (exact) mass is 470 g/mol. The molecule has 0 fully saturated rings. The molecule has 0 aliphatic heterocycles. The highest BCUT2D eigenvalue weighted by Crippen LogP contribution is 2.37. The van der Waals surface area contributed by atoms with E-state index in [4.69, 9.17) is 14.2 Å². The first-order chi connectivity index (χ1) is 16.1. The second-order valence-electron chi connectivity index (χ2n) is 6.90. The van der Waals surface area contributed by atoms with Crippen molar-refractivity contribution in [2.24, 2.45) is 0 Å². The Morgan fingerprint density at radius 2 is 1.91 bits per heavy atom. The molecular weight excluding hydrogens is 448 g/mol. The van der Waals surface area contributed by atoms with Crippen LogP contribution in [0.25, 0.3) is 17.0 Å². The zero-order valence-corrected chi connectivity index (χ0v) is 19.1. The molecule has 0 spiro atoms. The summed E-state index contributed by atoms with van der Waals surface area (Å²) < 4.78 is 19.3. The first kappa shape index (κ1) is 22.6. The third-order valence-electron chi connectivity index (χ3n) is 4.92. The number of benzene rings is 1. The summed E-state index contributed by atoms with van der Waals surface area (Å²) in [6.45, 7) is 1.09. The normalized spacial score (nSPS) is 11.1. The maximum absolute atomic E-state index is 11.8. The van der Waals surface area contributed by atoms with E-state index in [-0.39, 0.29) is 10.8 Å². The van der Waals surface area contributed by atoms with E-state index >= 15 is 0 Å². The van der Waals surface area contributed by atoms with Crippen LogP contribution in [0, 0.1) is 10.1 Å². The smallest absolute Gasteiger partial charge is 0.362 e. The van der Waals surface area contributed by atoms with Crippen molar-refractivity contribution >= 4 is 23.2 Å². The van der Waals surface area contributed by atoms with Gasteiger partial charge in [0.2, 0.25) is 10.7 Å². The minimum atomic E-state index is -0.441. The highest BCUT2D eigenvalue weighted by Gasteiger charge is 2.26. The van der Waals surface area contributed by atoms with E-state index in [1.165, 1.54) is 4.40 Å². The quantitative estimate of drug-likeness (QED) is 0.194. The average Bonchev–Trinajstić information content (AvgIpc) is 3.39. The summed E-state index contributed by atoms with van der Waals surface area (Å²) in [5.74, 6) is 1.64. The van der Waals surface area contributed by atoms with Crippen molar-refractivity contribution in [3.05, 3.63) is 52.7 Å². The minimum absolute atomic E-state index is 0.116. The van der Waals surface area contributed by atoms with E-state index in [0.29, 0.717) is 47.7 Å². The fourth-order valence-corrected chi connectivity index (χ4v) is 4.35. The second-order valence-corrected chi connectivity index (χ2v) is 7.86. The van der Waals surface area contributed by atoms with E-state index in [2.05, 4.69) is 15.2 Å². The number of methoxy groups -OCH3 is 3. The lowest BCUT2D eigenvalue weighted by molar-refractivity contribution is -0.393. The van der Waals surface area contributed by atoms with E-state index < -0.39 is 4.92 Å². The van der Waals surface area contributed by atoms with Crippen molar-refractivity contribution < 1.29 is 19.1 Å². The van der Waals surface area contributed by atoms with Crippen LogP contribution in [0.15, 0.2) is 52.8 Å². The number of imidazole rings is 1. The summed E-state index contributed by atoms with van der Waals surface area (Å²) in [5.41, 5.74) is 1.26. The van der Waals surface area contributed by atoms with Crippen molar-refractivity contribution in [1.82, 2.24) is 24.1 Å². The number of rotatable bonds is 10. The Bertz CT molecular complexity index is 1290. The lowest BCUT2D eigenvalue weighted by Crippen LogP contribution is -2.05. The minimum Gasteiger partial charge on any atom is -0.493 e. The van der Waals surface area contributed by atoms with Crippen LogP contribution in [0.1, 0.15) is 6.42 Å². The van der Waals surface area contributed by atoms with Gasteiger partial charge in [0.1, 0.15) is 0 Å². The molecule has 1 aromatic carbocycles. The molecule has 0 saturated carbocycles. The fourth-order valence-electron chi connectivity index (χ4n) is 3.40. The molecule has 0 bridgehead atoms. The van der Waals surface area contributed by atoms with Crippen LogP contribution in [-0.2, 0) is 11.3 Å². The van der Waals surface area contributed by atoms with Crippen LogP contribution < -0.4 is 9.47 Å². The van der Waals surface area contributed by atoms with E-state index in [0.717, 1.165) is 17.3 Å². The maximum atomic E-state index is 11.8. The highest BCUT2D eigenvalue weighted by molar-refractivity contribution is 7.99. The number of ether oxygens (including phenoxy) is 3. The molecular formula is C21H22N6O5S. The number of nitrogens with zero attached hydrogens (tertiary/aromatic N) is 6. The average molecular weight is 471 g/mol. The lowest BCUT2D eigenvalue weighted by Gasteiger charge is -2.12. The fraction of sp³-hybridized carbons (Fsp3) is 0.286. The van der Waals surface area contributed by atoms with Gasteiger partial charge in [-0.3, -0.25) is 0 Å². The lowest BCUT2D eigenvalue weighted by atomic mass is 10.2. The molecule has 0 saturated heterocycles. The number of aromatic nitrogens is 5. The van der Waals surface area contributed by atoms with E-state index in [1.54, 1.807) is 51.8 Å². The van der Waals surface area contributed by atoms with Gasteiger partial charge in [-0.15, -0.1) is 10.2 Å². The molecule has 3 heterocycles. The van der Waals surface area contributed by atoms with Gasteiger partial charge in [0, 0.05) is 31.9 Å².